The zero-order valence-corrected chi connectivity index (χ0v) is 10.1. The van der Waals surface area contributed by atoms with Crippen molar-refractivity contribution in [3.63, 3.8) is 0 Å². The highest BCUT2D eigenvalue weighted by Crippen LogP contribution is 2.24. The number of nitrogens with two attached hydrogens (primary N) is 1. The Kier molecular flexibility index (Phi) is 3.42. The van der Waals surface area contributed by atoms with Gasteiger partial charge in [-0.3, -0.25) is 0 Å². The van der Waals surface area contributed by atoms with Gasteiger partial charge >= 0.3 is 5.97 Å². The summed E-state index contributed by atoms with van der Waals surface area (Å²) in [5.41, 5.74) is 6.87. The van der Waals surface area contributed by atoms with Gasteiger partial charge in [0, 0.05) is 7.05 Å². The second-order valence-corrected chi connectivity index (χ2v) is 4.52. The Hall–Kier alpha value is -1.71. The largest absolute Gasteiger partial charge is 0.456 e. The zero-order chi connectivity index (χ0) is 12.3. The number of esters is 1. The molecule has 1 aromatic carbocycles. The maximum atomic E-state index is 11.8. The third-order valence-electron chi connectivity index (χ3n) is 1.99. The van der Waals surface area contributed by atoms with Crippen LogP contribution in [-0.2, 0) is 4.74 Å². The minimum atomic E-state index is -0.515. The molecular weight excluding hydrogens is 204 g/mol. The van der Waals surface area contributed by atoms with E-state index >= 15 is 0 Å². The molecule has 0 amide bonds. The van der Waals surface area contributed by atoms with Crippen LogP contribution in [0.1, 0.15) is 31.1 Å². The Labute approximate surface area is 95.8 Å². The normalized spacial score (nSPS) is 11.0. The summed E-state index contributed by atoms with van der Waals surface area (Å²) in [5.74, 6) is -0.401. The molecule has 0 aromatic heterocycles. The number of nitrogen functional groups attached to an aromatic ring is 1. The SMILES string of the molecule is CNc1cccc(C(=O)OC(C)(C)C)c1N. The topological polar surface area (TPSA) is 64.3 Å². The summed E-state index contributed by atoms with van der Waals surface area (Å²) in [5, 5.41) is 2.92. The molecule has 0 atom stereocenters. The first-order valence-electron chi connectivity index (χ1n) is 5.15. The second-order valence-electron chi connectivity index (χ2n) is 4.52. The van der Waals surface area contributed by atoms with Gasteiger partial charge in [0.1, 0.15) is 5.60 Å². The van der Waals surface area contributed by atoms with Crippen LogP contribution in [0.4, 0.5) is 11.4 Å². The van der Waals surface area contributed by atoms with Crippen molar-refractivity contribution in [2.24, 2.45) is 0 Å². The fourth-order valence-corrected chi connectivity index (χ4v) is 1.29. The summed E-state index contributed by atoms with van der Waals surface area (Å²) in [6.45, 7) is 5.47. The molecule has 0 spiro atoms. The fraction of sp³-hybridized carbons (Fsp3) is 0.417. The van der Waals surface area contributed by atoms with Crippen LogP contribution >= 0.6 is 0 Å². The average Bonchev–Trinajstić information content (AvgIpc) is 2.15. The van der Waals surface area contributed by atoms with E-state index in [0.29, 0.717) is 11.3 Å². The van der Waals surface area contributed by atoms with Gasteiger partial charge in [-0.05, 0) is 32.9 Å². The van der Waals surface area contributed by atoms with Gasteiger partial charge in [0.05, 0.1) is 16.9 Å². The summed E-state index contributed by atoms with van der Waals surface area (Å²) in [7, 11) is 1.75. The first kappa shape index (κ1) is 12.4. The van der Waals surface area contributed by atoms with Gasteiger partial charge in [-0.25, -0.2) is 4.79 Å². The molecule has 4 nitrogen and oxygen atoms in total. The van der Waals surface area contributed by atoms with Crippen LogP contribution in [0, 0.1) is 0 Å². The molecule has 0 heterocycles. The molecule has 1 rings (SSSR count). The zero-order valence-electron chi connectivity index (χ0n) is 10.1. The van der Waals surface area contributed by atoms with Crippen LogP contribution in [0.25, 0.3) is 0 Å². The molecule has 0 fully saturated rings. The minimum Gasteiger partial charge on any atom is -0.456 e. The van der Waals surface area contributed by atoms with E-state index in [2.05, 4.69) is 5.32 Å². The van der Waals surface area contributed by atoms with Crippen molar-refractivity contribution in [2.45, 2.75) is 26.4 Å². The molecular formula is C12H18N2O2. The predicted octanol–water partition coefficient (Wildman–Crippen LogP) is 2.27. The molecule has 0 aliphatic heterocycles. The number of hydrogen-bond acceptors (Lipinski definition) is 4. The molecule has 0 aliphatic rings. The molecule has 0 radical (unpaired) electrons. The number of nitrogens with one attached hydrogen (secondary N) is 1. The van der Waals surface area contributed by atoms with E-state index in [0.717, 1.165) is 5.69 Å². The first-order chi connectivity index (χ1) is 7.35. The van der Waals surface area contributed by atoms with Gasteiger partial charge < -0.3 is 15.8 Å². The molecule has 3 N–H and O–H groups in total. The van der Waals surface area contributed by atoms with Crippen molar-refractivity contribution in [1.29, 1.82) is 0 Å². The number of para-hydroxylation sites is 1. The average molecular weight is 222 g/mol. The van der Waals surface area contributed by atoms with E-state index in [1.807, 2.05) is 26.8 Å². The van der Waals surface area contributed by atoms with E-state index in [4.69, 9.17) is 10.5 Å². The highest BCUT2D eigenvalue weighted by atomic mass is 16.6. The van der Waals surface area contributed by atoms with Gasteiger partial charge in [0.25, 0.3) is 0 Å². The smallest absolute Gasteiger partial charge is 0.340 e. The standard InChI is InChI=1S/C12H18N2O2/c1-12(2,3)16-11(15)8-6-5-7-9(14-4)10(8)13/h5-7,14H,13H2,1-4H3. The molecule has 0 saturated carbocycles. The fourth-order valence-electron chi connectivity index (χ4n) is 1.29. The van der Waals surface area contributed by atoms with Crippen molar-refractivity contribution in [3.05, 3.63) is 23.8 Å². The van der Waals surface area contributed by atoms with Crippen LogP contribution in [0.5, 0.6) is 0 Å². The van der Waals surface area contributed by atoms with Crippen LogP contribution in [0.2, 0.25) is 0 Å². The molecule has 16 heavy (non-hydrogen) atoms. The van der Waals surface area contributed by atoms with Gasteiger partial charge in [-0.2, -0.15) is 0 Å². The lowest BCUT2D eigenvalue weighted by molar-refractivity contribution is 0.00709. The van der Waals surface area contributed by atoms with Crippen LogP contribution in [0.3, 0.4) is 0 Å². The van der Waals surface area contributed by atoms with Crippen molar-refractivity contribution >= 4 is 17.3 Å². The maximum absolute atomic E-state index is 11.8. The highest BCUT2D eigenvalue weighted by molar-refractivity contribution is 5.98. The summed E-state index contributed by atoms with van der Waals surface area (Å²) < 4.78 is 5.26. The van der Waals surface area contributed by atoms with Crippen LogP contribution in [0.15, 0.2) is 18.2 Å². The Morgan fingerprint density at radius 1 is 1.38 bits per heavy atom. The number of carbonyl (C=O) groups excluding carboxylic acids is 1. The van der Waals surface area contributed by atoms with Gasteiger partial charge in [0.2, 0.25) is 0 Å². The number of hydrogen-bond donors (Lipinski definition) is 2. The van der Waals surface area contributed by atoms with E-state index in [9.17, 15) is 4.79 Å². The highest BCUT2D eigenvalue weighted by Gasteiger charge is 2.20. The lowest BCUT2D eigenvalue weighted by Crippen LogP contribution is -2.24. The van der Waals surface area contributed by atoms with Crippen LogP contribution < -0.4 is 11.1 Å². The molecule has 0 aliphatic carbocycles. The molecule has 4 heteroatoms. The monoisotopic (exact) mass is 222 g/mol. The predicted molar refractivity (Wildman–Crippen MR) is 65.6 cm³/mol. The Morgan fingerprint density at radius 2 is 2.00 bits per heavy atom. The third-order valence-corrected chi connectivity index (χ3v) is 1.99. The lowest BCUT2D eigenvalue weighted by atomic mass is 10.1. The van der Waals surface area contributed by atoms with Crippen molar-refractivity contribution in [3.8, 4) is 0 Å². The summed E-state index contributed by atoms with van der Waals surface area (Å²) >= 11 is 0. The van der Waals surface area contributed by atoms with Gasteiger partial charge in [0.15, 0.2) is 0 Å². The van der Waals surface area contributed by atoms with E-state index in [1.54, 1.807) is 19.2 Å². The van der Waals surface area contributed by atoms with Crippen LogP contribution in [-0.4, -0.2) is 18.6 Å². The van der Waals surface area contributed by atoms with E-state index in [-0.39, 0.29) is 0 Å². The third kappa shape index (κ3) is 2.89. The minimum absolute atomic E-state index is 0.391. The van der Waals surface area contributed by atoms with Crippen molar-refractivity contribution in [1.82, 2.24) is 0 Å². The van der Waals surface area contributed by atoms with Crippen molar-refractivity contribution < 1.29 is 9.53 Å². The van der Waals surface area contributed by atoms with Gasteiger partial charge in [-0.1, -0.05) is 6.07 Å². The number of anilines is 2. The second kappa shape index (κ2) is 4.43. The summed E-state index contributed by atoms with van der Waals surface area (Å²) in [6, 6.07) is 5.23. The quantitative estimate of drug-likeness (QED) is 0.595. The van der Waals surface area contributed by atoms with E-state index < -0.39 is 11.6 Å². The molecule has 1 aromatic rings. The number of carbonyl (C=O) groups is 1. The van der Waals surface area contributed by atoms with E-state index in [1.165, 1.54) is 0 Å². The maximum Gasteiger partial charge on any atom is 0.340 e. The molecule has 0 bridgehead atoms. The molecule has 0 unspecified atom stereocenters. The summed E-state index contributed by atoms with van der Waals surface area (Å²) in [4.78, 5) is 11.8. The first-order valence-corrected chi connectivity index (χ1v) is 5.15. The summed E-state index contributed by atoms with van der Waals surface area (Å²) in [6.07, 6.45) is 0. The Bertz CT molecular complexity index is 394. The molecule has 0 saturated heterocycles. The Balaban J connectivity index is 3.01. The lowest BCUT2D eigenvalue weighted by Gasteiger charge is -2.20. The molecule has 88 valence electrons. The number of benzene rings is 1. The van der Waals surface area contributed by atoms with Crippen molar-refractivity contribution in [2.75, 3.05) is 18.1 Å². The number of ether oxygens (including phenoxy) is 1. The number of rotatable bonds is 2. The Morgan fingerprint density at radius 3 is 2.50 bits per heavy atom. The van der Waals surface area contributed by atoms with Gasteiger partial charge in [-0.15, -0.1) is 0 Å².